The van der Waals surface area contributed by atoms with Gasteiger partial charge in [0.1, 0.15) is 5.75 Å². The summed E-state index contributed by atoms with van der Waals surface area (Å²) in [6, 6.07) is 11.2. The molecule has 2 heteroatoms. The third-order valence-corrected chi connectivity index (χ3v) is 3.63. The Hall–Kier alpha value is -2.09. The Morgan fingerprint density at radius 3 is 1.90 bits per heavy atom. The van der Waals surface area contributed by atoms with Gasteiger partial charge in [-0.05, 0) is 66.3 Å². The lowest BCUT2D eigenvalue weighted by molar-refractivity contribution is 0.101. The van der Waals surface area contributed by atoms with E-state index in [4.69, 9.17) is 0 Å². The Bertz CT molecular complexity index is 599. The van der Waals surface area contributed by atoms with Gasteiger partial charge in [-0.25, -0.2) is 0 Å². The zero-order valence-electron chi connectivity index (χ0n) is 12.2. The number of hydrogen-bond acceptors (Lipinski definition) is 2. The van der Waals surface area contributed by atoms with Crippen LogP contribution in [0.3, 0.4) is 0 Å². The van der Waals surface area contributed by atoms with Gasteiger partial charge in [0.25, 0.3) is 0 Å². The van der Waals surface area contributed by atoms with Crippen molar-refractivity contribution in [1.29, 1.82) is 0 Å². The van der Waals surface area contributed by atoms with Crippen molar-refractivity contribution in [3.05, 3.63) is 53.1 Å². The molecule has 0 aromatic heterocycles. The lowest BCUT2D eigenvalue weighted by atomic mass is 9.89. The molecule has 0 unspecified atom stereocenters. The highest BCUT2D eigenvalue weighted by Crippen LogP contribution is 2.31. The second-order valence-corrected chi connectivity index (χ2v) is 4.98. The largest absolute Gasteiger partial charge is 0.508 e. The van der Waals surface area contributed by atoms with Crippen LogP contribution in [0.15, 0.2) is 36.4 Å². The number of phenolic OH excluding ortho intramolecular Hbond substituents is 1. The van der Waals surface area contributed by atoms with Gasteiger partial charge in [0.05, 0.1) is 0 Å². The molecule has 2 nitrogen and oxygen atoms in total. The molecule has 0 spiro atoms. The lowest BCUT2D eigenvalue weighted by Gasteiger charge is -2.15. The maximum Gasteiger partial charge on any atom is 0.159 e. The van der Waals surface area contributed by atoms with Gasteiger partial charge < -0.3 is 5.11 Å². The first-order chi connectivity index (χ1) is 9.56. The number of ketones is 1. The number of hydrogen-bond donors (Lipinski definition) is 1. The number of aryl methyl sites for hydroxylation is 2. The molecular formula is C18H20O2. The molecule has 2 rings (SSSR count). The smallest absolute Gasteiger partial charge is 0.159 e. The third-order valence-electron chi connectivity index (χ3n) is 3.63. The summed E-state index contributed by atoms with van der Waals surface area (Å²) < 4.78 is 0. The molecule has 0 aliphatic heterocycles. The zero-order valence-corrected chi connectivity index (χ0v) is 12.2. The average molecular weight is 268 g/mol. The summed E-state index contributed by atoms with van der Waals surface area (Å²) >= 11 is 0. The summed E-state index contributed by atoms with van der Waals surface area (Å²) in [4.78, 5) is 11.6. The maximum atomic E-state index is 11.6. The molecular weight excluding hydrogens is 248 g/mol. The molecule has 0 saturated carbocycles. The van der Waals surface area contributed by atoms with Gasteiger partial charge in [0.2, 0.25) is 0 Å². The quantitative estimate of drug-likeness (QED) is 0.835. The molecule has 2 aromatic rings. The first-order valence-electron chi connectivity index (χ1n) is 7.03. The van der Waals surface area contributed by atoms with Gasteiger partial charge in [-0.1, -0.05) is 26.0 Å². The lowest BCUT2D eigenvalue weighted by Crippen LogP contribution is -2.01. The van der Waals surface area contributed by atoms with Crippen molar-refractivity contribution in [2.24, 2.45) is 0 Å². The summed E-state index contributed by atoms with van der Waals surface area (Å²) in [7, 11) is 0. The fourth-order valence-electron chi connectivity index (χ4n) is 2.53. The highest BCUT2D eigenvalue weighted by Gasteiger charge is 2.12. The van der Waals surface area contributed by atoms with E-state index in [-0.39, 0.29) is 11.5 Å². The molecule has 0 aliphatic carbocycles. The van der Waals surface area contributed by atoms with E-state index in [0.717, 1.165) is 24.0 Å². The van der Waals surface area contributed by atoms with Crippen LogP contribution < -0.4 is 0 Å². The number of rotatable bonds is 4. The van der Waals surface area contributed by atoms with Crippen molar-refractivity contribution < 1.29 is 9.90 Å². The number of aromatic hydroxyl groups is 1. The van der Waals surface area contributed by atoms with Crippen LogP contribution in [0, 0.1) is 0 Å². The molecule has 0 amide bonds. The van der Waals surface area contributed by atoms with Gasteiger partial charge in [0.15, 0.2) is 5.78 Å². The van der Waals surface area contributed by atoms with Crippen molar-refractivity contribution in [3.63, 3.8) is 0 Å². The van der Waals surface area contributed by atoms with Crippen LogP contribution in [0.5, 0.6) is 5.75 Å². The van der Waals surface area contributed by atoms with Gasteiger partial charge >= 0.3 is 0 Å². The van der Waals surface area contributed by atoms with Gasteiger partial charge in [-0.2, -0.15) is 0 Å². The predicted octanol–water partition coefficient (Wildman–Crippen LogP) is 4.39. The highest BCUT2D eigenvalue weighted by molar-refractivity contribution is 5.95. The third kappa shape index (κ3) is 2.74. The molecule has 0 bridgehead atoms. The van der Waals surface area contributed by atoms with Crippen LogP contribution in [-0.2, 0) is 12.8 Å². The molecule has 0 saturated heterocycles. The summed E-state index contributed by atoms with van der Waals surface area (Å²) in [5.41, 5.74) is 5.42. The highest BCUT2D eigenvalue weighted by atomic mass is 16.3. The van der Waals surface area contributed by atoms with Crippen molar-refractivity contribution in [3.8, 4) is 16.9 Å². The van der Waals surface area contributed by atoms with E-state index in [0.29, 0.717) is 0 Å². The van der Waals surface area contributed by atoms with Crippen molar-refractivity contribution in [2.75, 3.05) is 0 Å². The molecule has 0 fully saturated rings. The number of carbonyl (C=O) groups excluding carboxylic acids is 1. The molecule has 0 heterocycles. The van der Waals surface area contributed by atoms with E-state index < -0.39 is 0 Å². The number of benzene rings is 2. The van der Waals surface area contributed by atoms with Crippen molar-refractivity contribution in [1.82, 2.24) is 0 Å². The molecule has 0 radical (unpaired) electrons. The van der Waals surface area contributed by atoms with Crippen LogP contribution in [0.25, 0.3) is 11.1 Å². The number of phenols is 1. The van der Waals surface area contributed by atoms with Gasteiger partial charge in [0, 0.05) is 5.56 Å². The monoisotopic (exact) mass is 268 g/mol. The summed E-state index contributed by atoms with van der Waals surface area (Å²) in [6.45, 7) is 5.81. The standard InChI is InChI=1S/C18H20O2/c1-4-13-10-16(12(3)19)11-14(5-2)18(13)15-6-8-17(20)9-7-15/h6-11,20H,4-5H2,1-3H3. The fourth-order valence-corrected chi connectivity index (χ4v) is 2.53. The second kappa shape index (κ2) is 5.91. The first-order valence-corrected chi connectivity index (χ1v) is 7.03. The topological polar surface area (TPSA) is 37.3 Å². The molecule has 20 heavy (non-hydrogen) atoms. The molecule has 1 N–H and O–H groups in total. The Morgan fingerprint density at radius 1 is 1.00 bits per heavy atom. The van der Waals surface area contributed by atoms with E-state index in [1.165, 1.54) is 16.7 Å². The first kappa shape index (κ1) is 14.3. The number of Topliss-reactive ketones (excluding diaryl/α,β-unsaturated/α-hetero) is 1. The Labute approximate surface area is 120 Å². The van der Waals surface area contributed by atoms with Gasteiger partial charge in [-0.15, -0.1) is 0 Å². The van der Waals surface area contributed by atoms with Crippen LogP contribution in [0.1, 0.15) is 42.3 Å². The van der Waals surface area contributed by atoms with E-state index in [2.05, 4.69) is 13.8 Å². The van der Waals surface area contributed by atoms with E-state index in [9.17, 15) is 9.90 Å². The van der Waals surface area contributed by atoms with Crippen LogP contribution in [0.4, 0.5) is 0 Å². The Morgan fingerprint density at radius 2 is 1.50 bits per heavy atom. The van der Waals surface area contributed by atoms with Crippen LogP contribution in [-0.4, -0.2) is 10.9 Å². The minimum atomic E-state index is 0.103. The van der Waals surface area contributed by atoms with E-state index in [1.54, 1.807) is 19.1 Å². The van der Waals surface area contributed by atoms with Crippen molar-refractivity contribution >= 4 is 5.78 Å². The van der Waals surface area contributed by atoms with Crippen LogP contribution >= 0.6 is 0 Å². The number of carbonyl (C=O) groups is 1. The average Bonchev–Trinajstić information content (AvgIpc) is 2.46. The Balaban J connectivity index is 2.67. The molecule has 2 aromatic carbocycles. The molecule has 104 valence electrons. The van der Waals surface area contributed by atoms with Gasteiger partial charge in [-0.3, -0.25) is 4.79 Å². The summed E-state index contributed by atoms with van der Waals surface area (Å²) in [6.07, 6.45) is 1.76. The molecule has 0 aliphatic rings. The normalized spacial score (nSPS) is 10.6. The van der Waals surface area contributed by atoms with E-state index in [1.807, 2.05) is 24.3 Å². The fraction of sp³-hybridized carbons (Fsp3) is 0.278. The molecule has 0 atom stereocenters. The van der Waals surface area contributed by atoms with Crippen molar-refractivity contribution in [2.45, 2.75) is 33.6 Å². The minimum absolute atomic E-state index is 0.103. The second-order valence-electron chi connectivity index (χ2n) is 4.98. The van der Waals surface area contributed by atoms with Crippen LogP contribution in [0.2, 0.25) is 0 Å². The Kier molecular flexibility index (Phi) is 4.23. The maximum absolute atomic E-state index is 11.6. The SMILES string of the molecule is CCc1cc(C(C)=O)cc(CC)c1-c1ccc(O)cc1. The van der Waals surface area contributed by atoms with E-state index >= 15 is 0 Å². The minimum Gasteiger partial charge on any atom is -0.508 e. The summed E-state index contributed by atoms with van der Waals surface area (Å²) in [5.74, 6) is 0.372. The summed E-state index contributed by atoms with van der Waals surface area (Å²) in [5, 5.41) is 9.43. The zero-order chi connectivity index (χ0) is 14.7. The predicted molar refractivity (Wildman–Crippen MR) is 82.3 cm³/mol.